The Morgan fingerprint density at radius 1 is 1.50 bits per heavy atom. The van der Waals surface area contributed by atoms with E-state index in [1.165, 1.54) is 0 Å². The molecule has 0 aliphatic heterocycles. The third kappa shape index (κ3) is 238. The van der Waals surface area contributed by atoms with Crippen molar-refractivity contribution in [1.29, 1.82) is 0 Å². The van der Waals surface area contributed by atoms with E-state index in [9.17, 15) is 0 Å². The van der Waals surface area contributed by atoms with E-state index in [-0.39, 0.29) is 36.4 Å². The van der Waals surface area contributed by atoms with Gasteiger partial charge in [0.05, 0.1) is 0 Å². The molecule has 4 N–H and O–H groups in total. The average Bonchev–Trinajstić information content (AvgIpc) is 0.918. The Kier molecular flexibility index (Phi) is 265. The van der Waals surface area contributed by atoms with Crippen LogP contribution in [0.2, 0.25) is 0 Å². The maximum Gasteiger partial charge on any atom is 1.00 e. The second-order valence-electron chi connectivity index (χ2n) is 0.224. The maximum atomic E-state index is 7.46. The molecule has 0 amide bonds. The molecule has 0 saturated heterocycles. The fourth-order valence-electron chi connectivity index (χ4n) is 0. The van der Waals surface area contributed by atoms with E-state index in [0.29, 0.717) is 0 Å². The van der Waals surface area contributed by atoms with E-state index >= 15 is 0 Å². The van der Waals surface area contributed by atoms with E-state index in [1.807, 2.05) is 0 Å². The molecule has 0 atom stereocenters. The van der Waals surface area contributed by atoms with Gasteiger partial charge < -0.3 is 16.1 Å². The van der Waals surface area contributed by atoms with Gasteiger partial charge in [-0.25, -0.2) is 0 Å². The molecule has 0 aromatic carbocycles. The fraction of sp³-hybridized carbons (Fsp3) is 0.500. The summed E-state index contributed by atoms with van der Waals surface area (Å²) in [4.78, 5) is 0. The molecule has 0 unspecified atom stereocenters. The van der Waals surface area contributed by atoms with Crippen molar-refractivity contribution in [3.05, 3.63) is 6.92 Å². The molecule has 0 aromatic rings. The van der Waals surface area contributed by atoms with Crippen LogP contribution in [0.15, 0.2) is 0 Å². The Bertz CT molecular complexity index is 8.75. The molecule has 35 valence electrons. The molecule has 0 saturated carbocycles. The third-order valence-electron chi connectivity index (χ3n) is 0. The molecular weight excluding hydrogens is 79.0 g/mol. The largest absolute Gasteiger partial charge is 1.00 e. The molecule has 0 fully saturated rings. The number of aliphatic hydroxyl groups is 1. The number of rotatable bonds is 0. The standard InChI is InChI=1S/C2H5O.Li.2H2O/c1-2-3;;;/h3H,1-2H2;;2*1H2/q;+1;;/p-1. The first-order valence-electron chi connectivity index (χ1n) is 0.816. The summed E-state index contributed by atoms with van der Waals surface area (Å²) in [5.74, 6) is 0. The van der Waals surface area contributed by atoms with Crippen molar-refractivity contribution in [2.24, 2.45) is 0 Å². The first-order chi connectivity index (χ1) is 1.41. The first-order valence-corrected chi connectivity index (χ1v) is 0.816. The molecule has 1 radical (unpaired) electrons. The summed E-state index contributed by atoms with van der Waals surface area (Å²) >= 11 is 0. The number of aliphatic hydroxyl groups excluding tert-OH is 1. The van der Waals surface area contributed by atoms with E-state index in [2.05, 4.69) is 6.92 Å². The molecule has 0 aliphatic carbocycles. The quantitative estimate of drug-likeness (QED) is 0.304. The molecule has 0 spiro atoms. The van der Waals surface area contributed by atoms with Crippen LogP contribution < -0.4 is 18.9 Å². The van der Waals surface area contributed by atoms with Gasteiger partial charge >= 0.3 is 18.9 Å². The zero-order chi connectivity index (χ0) is 2.71. The van der Waals surface area contributed by atoms with Crippen molar-refractivity contribution >= 4 is 0 Å². The second kappa shape index (κ2) is 50.3. The minimum atomic E-state index is 0. The molecule has 0 aromatic heterocycles. The summed E-state index contributed by atoms with van der Waals surface area (Å²) in [6.45, 7) is 3.04. The van der Waals surface area contributed by atoms with Gasteiger partial charge in [0.1, 0.15) is 0 Å². The zero-order valence-electron chi connectivity index (χ0n) is 3.81. The maximum absolute atomic E-state index is 7.46. The second-order valence-corrected chi connectivity index (χ2v) is 0.224. The Labute approximate surface area is 49.2 Å². The van der Waals surface area contributed by atoms with Crippen LogP contribution in [0.1, 0.15) is 0 Å². The molecule has 0 bridgehead atoms. The summed E-state index contributed by atoms with van der Waals surface area (Å²) < 4.78 is 0. The van der Waals surface area contributed by atoms with Crippen LogP contribution >= 0.6 is 0 Å². The minimum Gasteiger partial charge on any atom is -0.870 e. The van der Waals surface area contributed by atoms with Crippen LogP contribution in [0.25, 0.3) is 0 Å². The fourth-order valence-corrected chi connectivity index (χ4v) is 0. The number of hydrogen-bond donors (Lipinski definition) is 1. The Morgan fingerprint density at radius 2 is 1.50 bits per heavy atom. The van der Waals surface area contributed by atoms with Gasteiger partial charge in [-0.2, -0.15) is 0 Å². The van der Waals surface area contributed by atoms with Gasteiger partial charge in [-0.15, -0.1) is 0 Å². The average molecular weight is 87.0 g/mol. The molecule has 4 heteroatoms. The molecule has 0 heterocycles. The Morgan fingerprint density at radius 3 is 1.50 bits per heavy atom. The van der Waals surface area contributed by atoms with E-state index in [1.54, 1.807) is 0 Å². The summed E-state index contributed by atoms with van der Waals surface area (Å²) in [6, 6.07) is 0. The first kappa shape index (κ1) is 31.7. The van der Waals surface area contributed by atoms with Crippen molar-refractivity contribution in [2.45, 2.75) is 0 Å². The summed E-state index contributed by atoms with van der Waals surface area (Å²) in [5, 5.41) is 7.46. The molecule has 3 nitrogen and oxygen atoms in total. The van der Waals surface area contributed by atoms with Gasteiger partial charge in [0.2, 0.25) is 0 Å². The van der Waals surface area contributed by atoms with Gasteiger partial charge in [-0.3, -0.25) is 0 Å². The van der Waals surface area contributed by atoms with Crippen LogP contribution in [0.5, 0.6) is 0 Å². The van der Waals surface area contributed by atoms with Gasteiger partial charge in [0.15, 0.2) is 0 Å². The van der Waals surface area contributed by atoms with Crippen LogP contribution in [-0.4, -0.2) is 22.7 Å². The predicted molar refractivity (Wildman–Crippen MR) is 18.0 cm³/mol. The van der Waals surface area contributed by atoms with Gasteiger partial charge in [0, 0.05) is 6.61 Å². The number of hydrogen-bond acceptors (Lipinski definition) is 2. The van der Waals surface area contributed by atoms with Crippen LogP contribution in [0.4, 0.5) is 0 Å². The molecule has 0 rings (SSSR count). The normalized spacial score (nSPS) is 3.00. The SMILES string of the molecule is O.[CH2]CO.[Li+].[OH-]. The zero-order valence-corrected chi connectivity index (χ0v) is 3.81. The van der Waals surface area contributed by atoms with Crippen molar-refractivity contribution in [3.63, 3.8) is 0 Å². The topological polar surface area (TPSA) is 81.7 Å². The van der Waals surface area contributed by atoms with Crippen LogP contribution in [-0.2, 0) is 0 Å². The Hall–Kier alpha value is 0.477. The summed E-state index contributed by atoms with van der Waals surface area (Å²) in [6.07, 6.45) is 0. The smallest absolute Gasteiger partial charge is 0.870 e. The van der Waals surface area contributed by atoms with E-state index in [0.717, 1.165) is 0 Å². The van der Waals surface area contributed by atoms with Crippen molar-refractivity contribution < 1.29 is 34.9 Å². The summed E-state index contributed by atoms with van der Waals surface area (Å²) in [5.41, 5.74) is 0. The molecule has 6 heavy (non-hydrogen) atoms. The van der Waals surface area contributed by atoms with Crippen molar-refractivity contribution in [1.82, 2.24) is 0 Å². The van der Waals surface area contributed by atoms with Gasteiger partial charge in [0.25, 0.3) is 0 Å². The van der Waals surface area contributed by atoms with Crippen LogP contribution in [0.3, 0.4) is 0 Å². The van der Waals surface area contributed by atoms with Crippen LogP contribution in [0, 0.1) is 6.92 Å². The van der Waals surface area contributed by atoms with Crippen molar-refractivity contribution in [2.75, 3.05) is 6.61 Å². The van der Waals surface area contributed by atoms with E-state index in [4.69, 9.17) is 5.11 Å². The minimum absolute atomic E-state index is 0. The predicted octanol–water partition coefficient (Wildman–Crippen LogP) is -4.18. The Balaban J connectivity index is -0.00000000667. The monoisotopic (exact) mass is 87.1 g/mol. The molecule has 0 aliphatic rings. The third-order valence-corrected chi connectivity index (χ3v) is 0. The van der Waals surface area contributed by atoms with E-state index < -0.39 is 0 Å². The van der Waals surface area contributed by atoms with Crippen molar-refractivity contribution in [3.8, 4) is 0 Å². The van der Waals surface area contributed by atoms with Gasteiger partial charge in [-0.05, 0) is 6.92 Å². The van der Waals surface area contributed by atoms with Gasteiger partial charge in [-0.1, -0.05) is 0 Å². The molecular formula is C2H8LiO3. The summed E-state index contributed by atoms with van der Waals surface area (Å²) in [7, 11) is 0.